The molecule has 1 aliphatic rings. The minimum Gasteiger partial charge on any atom is -0.358 e. The predicted molar refractivity (Wildman–Crippen MR) is 42.5 cm³/mol. The number of hydrogen-bond acceptors (Lipinski definition) is 3. The van der Waals surface area contributed by atoms with E-state index in [4.69, 9.17) is 5.73 Å². The van der Waals surface area contributed by atoms with E-state index in [1.54, 1.807) is 0 Å². The summed E-state index contributed by atoms with van der Waals surface area (Å²) in [7, 11) is 0. The fourth-order valence-corrected chi connectivity index (χ4v) is 0.744. The zero-order valence-electron chi connectivity index (χ0n) is 6.33. The van der Waals surface area contributed by atoms with E-state index >= 15 is 0 Å². The molecular weight excluding hydrogens is 126 g/mol. The lowest BCUT2D eigenvalue weighted by atomic mass is 10.1. The number of aliphatic imine (C=N–C) groups is 1. The first-order valence-electron chi connectivity index (χ1n) is 3.45. The maximum absolute atomic E-state index is 5.44. The maximum atomic E-state index is 5.44. The fraction of sp³-hybridized carbons (Fsp3) is 0.571. The number of nitrogens with zero attached hydrogens (tertiary/aromatic N) is 1. The third-order valence-electron chi connectivity index (χ3n) is 1.47. The molecule has 0 saturated carbocycles. The van der Waals surface area contributed by atoms with Gasteiger partial charge >= 0.3 is 0 Å². The zero-order valence-corrected chi connectivity index (χ0v) is 6.33. The van der Waals surface area contributed by atoms with Crippen molar-refractivity contribution in [3.8, 4) is 0 Å². The molecule has 0 amide bonds. The van der Waals surface area contributed by atoms with E-state index in [9.17, 15) is 0 Å². The molecule has 0 radical (unpaired) electrons. The van der Waals surface area contributed by atoms with Crippen molar-refractivity contribution in [2.45, 2.75) is 20.1 Å². The van der Waals surface area contributed by atoms with Crippen LogP contribution < -0.4 is 11.1 Å². The molecule has 0 bridgehead atoms. The molecule has 3 heteroatoms. The van der Waals surface area contributed by atoms with E-state index in [-0.39, 0.29) is 6.29 Å². The molecule has 0 aromatic carbocycles. The van der Waals surface area contributed by atoms with Crippen LogP contribution in [0.4, 0.5) is 0 Å². The van der Waals surface area contributed by atoms with Gasteiger partial charge in [-0.2, -0.15) is 0 Å². The van der Waals surface area contributed by atoms with Crippen LogP contribution in [0.5, 0.6) is 0 Å². The standard InChI is InChI=1S/C7H13N3/c1-5(2)6-3-9-7(8)10-4-6/h3-5,7,9H,8H2,1-2H3. The van der Waals surface area contributed by atoms with E-state index in [1.165, 1.54) is 5.57 Å². The normalized spacial score (nSPS) is 24.4. The Labute approximate surface area is 61.0 Å². The summed E-state index contributed by atoms with van der Waals surface area (Å²) in [5.74, 6) is 0.517. The highest BCUT2D eigenvalue weighted by Crippen LogP contribution is 2.07. The van der Waals surface area contributed by atoms with Gasteiger partial charge in [0.05, 0.1) is 0 Å². The summed E-state index contributed by atoms with van der Waals surface area (Å²) in [4.78, 5) is 4.01. The third kappa shape index (κ3) is 1.57. The van der Waals surface area contributed by atoms with Crippen molar-refractivity contribution >= 4 is 6.21 Å². The van der Waals surface area contributed by atoms with Crippen LogP contribution in [0.25, 0.3) is 0 Å². The Morgan fingerprint density at radius 3 is 2.80 bits per heavy atom. The Balaban J connectivity index is 2.59. The van der Waals surface area contributed by atoms with Gasteiger partial charge in [-0.05, 0) is 11.5 Å². The first-order valence-corrected chi connectivity index (χ1v) is 3.45. The molecule has 56 valence electrons. The van der Waals surface area contributed by atoms with Crippen LogP contribution >= 0.6 is 0 Å². The Hall–Kier alpha value is -0.830. The minimum absolute atomic E-state index is 0.248. The third-order valence-corrected chi connectivity index (χ3v) is 1.47. The van der Waals surface area contributed by atoms with Gasteiger partial charge in [-0.1, -0.05) is 13.8 Å². The molecule has 1 atom stereocenters. The van der Waals surface area contributed by atoms with Crippen molar-refractivity contribution < 1.29 is 0 Å². The van der Waals surface area contributed by atoms with Gasteiger partial charge < -0.3 is 5.32 Å². The molecule has 0 aliphatic carbocycles. The van der Waals surface area contributed by atoms with Crippen molar-refractivity contribution in [3.63, 3.8) is 0 Å². The maximum Gasteiger partial charge on any atom is 0.170 e. The topological polar surface area (TPSA) is 50.4 Å². The zero-order chi connectivity index (χ0) is 7.56. The van der Waals surface area contributed by atoms with Gasteiger partial charge in [0.25, 0.3) is 0 Å². The van der Waals surface area contributed by atoms with Crippen LogP contribution in [0.15, 0.2) is 16.8 Å². The van der Waals surface area contributed by atoms with Crippen LogP contribution in [-0.4, -0.2) is 12.5 Å². The second-order valence-corrected chi connectivity index (χ2v) is 2.69. The molecule has 3 nitrogen and oxygen atoms in total. The van der Waals surface area contributed by atoms with Crippen molar-refractivity contribution in [2.75, 3.05) is 0 Å². The second kappa shape index (κ2) is 2.84. The summed E-state index contributed by atoms with van der Waals surface area (Å²) >= 11 is 0. The molecule has 0 spiro atoms. The summed E-state index contributed by atoms with van der Waals surface area (Å²) in [6.45, 7) is 4.24. The van der Waals surface area contributed by atoms with E-state index < -0.39 is 0 Å². The van der Waals surface area contributed by atoms with Crippen molar-refractivity contribution in [1.29, 1.82) is 0 Å². The Morgan fingerprint density at radius 2 is 2.40 bits per heavy atom. The largest absolute Gasteiger partial charge is 0.358 e. The average Bonchev–Trinajstić information content (AvgIpc) is 1.88. The fourth-order valence-electron chi connectivity index (χ4n) is 0.744. The summed E-state index contributed by atoms with van der Waals surface area (Å²) in [5.41, 5.74) is 6.64. The van der Waals surface area contributed by atoms with E-state index in [0.29, 0.717) is 5.92 Å². The van der Waals surface area contributed by atoms with Crippen LogP contribution in [0, 0.1) is 5.92 Å². The molecule has 0 saturated heterocycles. The van der Waals surface area contributed by atoms with Crippen molar-refractivity contribution in [1.82, 2.24) is 5.32 Å². The minimum atomic E-state index is -0.248. The first-order chi connectivity index (χ1) is 4.70. The molecule has 0 aromatic heterocycles. The number of allylic oxidation sites excluding steroid dienone is 1. The van der Waals surface area contributed by atoms with Crippen LogP contribution in [0.2, 0.25) is 0 Å². The average molecular weight is 139 g/mol. The van der Waals surface area contributed by atoms with E-state index in [1.807, 2.05) is 12.4 Å². The van der Waals surface area contributed by atoms with Gasteiger partial charge in [0.2, 0.25) is 0 Å². The highest BCUT2D eigenvalue weighted by atomic mass is 15.2. The summed E-state index contributed by atoms with van der Waals surface area (Å²) in [6.07, 6.45) is 3.50. The van der Waals surface area contributed by atoms with Gasteiger partial charge in [-0.3, -0.25) is 10.7 Å². The van der Waals surface area contributed by atoms with Gasteiger partial charge in [0, 0.05) is 12.4 Å². The molecule has 10 heavy (non-hydrogen) atoms. The molecule has 0 fully saturated rings. The molecular formula is C7H13N3. The van der Waals surface area contributed by atoms with Crippen LogP contribution in [-0.2, 0) is 0 Å². The predicted octanol–water partition coefficient (Wildman–Crippen LogP) is 0.443. The molecule has 1 aliphatic heterocycles. The van der Waals surface area contributed by atoms with Crippen molar-refractivity contribution in [3.05, 3.63) is 11.8 Å². The summed E-state index contributed by atoms with van der Waals surface area (Å²) < 4.78 is 0. The van der Waals surface area contributed by atoms with Gasteiger partial charge in [0.15, 0.2) is 6.29 Å². The quantitative estimate of drug-likeness (QED) is 0.554. The monoisotopic (exact) mass is 139 g/mol. The molecule has 3 N–H and O–H groups in total. The number of rotatable bonds is 1. The van der Waals surface area contributed by atoms with E-state index in [2.05, 4.69) is 24.2 Å². The molecule has 1 heterocycles. The summed E-state index contributed by atoms with van der Waals surface area (Å²) in [6, 6.07) is 0. The first kappa shape index (κ1) is 7.28. The molecule has 1 unspecified atom stereocenters. The number of nitrogens with one attached hydrogen (secondary N) is 1. The number of hydrogen-bond donors (Lipinski definition) is 2. The SMILES string of the molecule is CC(C)C1=CNC(N)N=C1. The Morgan fingerprint density at radius 1 is 1.70 bits per heavy atom. The van der Waals surface area contributed by atoms with Gasteiger partial charge in [-0.25, -0.2) is 0 Å². The smallest absolute Gasteiger partial charge is 0.170 e. The van der Waals surface area contributed by atoms with E-state index in [0.717, 1.165) is 0 Å². The molecule has 1 rings (SSSR count). The van der Waals surface area contributed by atoms with Crippen LogP contribution in [0.1, 0.15) is 13.8 Å². The highest BCUT2D eigenvalue weighted by molar-refractivity contribution is 5.79. The Bertz CT molecular complexity index is 170. The summed E-state index contributed by atoms with van der Waals surface area (Å²) in [5, 5.41) is 2.93. The lowest BCUT2D eigenvalue weighted by Crippen LogP contribution is -2.34. The second-order valence-electron chi connectivity index (χ2n) is 2.69. The van der Waals surface area contributed by atoms with Crippen LogP contribution in [0.3, 0.4) is 0 Å². The van der Waals surface area contributed by atoms with Crippen molar-refractivity contribution in [2.24, 2.45) is 16.6 Å². The lowest BCUT2D eigenvalue weighted by Gasteiger charge is -2.15. The highest BCUT2D eigenvalue weighted by Gasteiger charge is 2.05. The number of nitrogens with two attached hydrogens (primary N) is 1. The van der Waals surface area contributed by atoms with Gasteiger partial charge in [-0.15, -0.1) is 0 Å². The molecule has 0 aromatic rings. The van der Waals surface area contributed by atoms with Gasteiger partial charge in [0.1, 0.15) is 0 Å². The lowest BCUT2D eigenvalue weighted by molar-refractivity contribution is 0.622. The Kier molecular flexibility index (Phi) is 2.06.